The number of H-pyrrole nitrogens is 1. The number of hydrogen-bond donors (Lipinski definition) is 2. The maximum absolute atomic E-state index is 13.1. The first-order chi connectivity index (χ1) is 10.6. The van der Waals surface area contributed by atoms with Crippen molar-refractivity contribution in [3.63, 3.8) is 0 Å². The number of pyridine rings is 1. The fourth-order valence-electron chi connectivity index (χ4n) is 2.26. The van der Waals surface area contributed by atoms with E-state index in [0.29, 0.717) is 16.3 Å². The van der Waals surface area contributed by atoms with Crippen LogP contribution in [0.25, 0.3) is 10.8 Å². The highest BCUT2D eigenvalue weighted by molar-refractivity contribution is 5.96. The largest absolute Gasteiger partial charge is 0.347 e. The summed E-state index contributed by atoms with van der Waals surface area (Å²) in [7, 11) is 0. The number of amides is 1. The van der Waals surface area contributed by atoms with Crippen molar-refractivity contribution < 1.29 is 9.18 Å². The average molecular weight is 296 g/mol. The van der Waals surface area contributed by atoms with Gasteiger partial charge in [0.15, 0.2) is 0 Å². The van der Waals surface area contributed by atoms with E-state index in [1.165, 1.54) is 12.1 Å². The lowest BCUT2D eigenvalue weighted by molar-refractivity contribution is 0.0946. The van der Waals surface area contributed by atoms with Crippen molar-refractivity contribution in [2.24, 2.45) is 0 Å². The van der Waals surface area contributed by atoms with Gasteiger partial charge in [0, 0.05) is 11.9 Å². The molecule has 2 N–H and O–H groups in total. The van der Waals surface area contributed by atoms with Crippen LogP contribution in [-0.4, -0.2) is 10.9 Å². The summed E-state index contributed by atoms with van der Waals surface area (Å²) in [6, 6.07) is 14.6. The Hall–Kier alpha value is -2.95. The molecular weight excluding hydrogens is 283 g/mol. The quantitative estimate of drug-likeness (QED) is 0.780. The lowest BCUT2D eigenvalue weighted by Gasteiger charge is -2.06. The molecule has 0 atom stereocenters. The van der Waals surface area contributed by atoms with Gasteiger partial charge in [0.1, 0.15) is 11.5 Å². The molecule has 1 aromatic heterocycles. The van der Waals surface area contributed by atoms with Gasteiger partial charge in [-0.1, -0.05) is 30.3 Å². The van der Waals surface area contributed by atoms with Gasteiger partial charge in [-0.15, -0.1) is 0 Å². The second-order valence-electron chi connectivity index (χ2n) is 4.91. The van der Waals surface area contributed by atoms with Crippen molar-refractivity contribution in [3.05, 3.63) is 82.0 Å². The molecule has 110 valence electrons. The van der Waals surface area contributed by atoms with E-state index in [2.05, 4.69) is 10.3 Å². The molecule has 0 aliphatic rings. The van der Waals surface area contributed by atoms with Crippen LogP contribution < -0.4 is 10.9 Å². The summed E-state index contributed by atoms with van der Waals surface area (Å²) in [6.07, 6.45) is 0. The number of hydrogen-bond acceptors (Lipinski definition) is 2. The summed E-state index contributed by atoms with van der Waals surface area (Å²) >= 11 is 0. The third kappa shape index (κ3) is 2.88. The fraction of sp³-hybridized carbons (Fsp3) is 0.0588. The normalized spacial score (nSPS) is 10.6. The fourth-order valence-corrected chi connectivity index (χ4v) is 2.26. The molecule has 4 nitrogen and oxygen atoms in total. The highest BCUT2D eigenvalue weighted by atomic mass is 19.1. The number of aromatic amines is 1. The van der Waals surface area contributed by atoms with Crippen molar-refractivity contribution in [2.45, 2.75) is 6.54 Å². The van der Waals surface area contributed by atoms with Gasteiger partial charge >= 0.3 is 0 Å². The Morgan fingerprint density at radius 3 is 2.73 bits per heavy atom. The molecular formula is C17H13FN2O2. The van der Waals surface area contributed by atoms with Gasteiger partial charge in [-0.05, 0) is 35.2 Å². The van der Waals surface area contributed by atoms with Gasteiger partial charge in [0.25, 0.3) is 11.5 Å². The van der Waals surface area contributed by atoms with Crippen LogP contribution in [0.2, 0.25) is 0 Å². The van der Waals surface area contributed by atoms with Crippen LogP contribution >= 0.6 is 0 Å². The van der Waals surface area contributed by atoms with E-state index < -0.39 is 5.91 Å². The number of fused-ring (bicyclic) bond motifs is 1. The molecule has 0 unspecified atom stereocenters. The number of carbonyl (C=O) groups excluding carboxylic acids is 1. The Bertz CT molecular complexity index is 902. The van der Waals surface area contributed by atoms with Gasteiger partial charge < -0.3 is 10.3 Å². The number of benzene rings is 2. The van der Waals surface area contributed by atoms with Gasteiger partial charge in [-0.2, -0.15) is 0 Å². The summed E-state index contributed by atoms with van der Waals surface area (Å²) in [4.78, 5) is 26.6. The van der Waals surface area contributed by atoms with Gasteiger partial charge in [0.2, 0.25) is 0 Å². The van der Waals surface area contributed by atoms with Gasteiger partial charge in [-0.25, -0.2) is 4.39 Å². The predicted molar refractivity (Wildman–Crippen MR) is 82.1 cm³/mol. The molecule has 0 saturated heterocycles. The van der Waals surface area contributed by atoms with E-state index in [9.17, 15) is 14.0 Å². The van der Waals surface area contributed by atoms with Crippen molar-refractivity contribution in [1.82, 2.24) is 10.3 Å². The smallest absolute Gasteiger partial charge is 0.268 e. The van der Waals surface area contributed by atoms with Crippen LogP contribution in [0, 0.1) is 5.82 Å². The summed E-state index contributed by atoms with van der Waals surface area (Å²) < 4.78 is 13.1. The Balaban J connectivity index is 1.82. The van der Waals surface area contributed by atoms with Crippen LogP contribution in [0.1, 0.15) is 16.1 Å². The zero-order valence-electron chi connectivity index (χ0n) is 11.6. The lowest BCUT2D eigenvalue weighted by Crippen LogP contribution is -2.26. The van der Waals surface area contributed by atoms with E-state index in [4.69, 9.17) is 0 Å². The first-order valence-electron chi connectivity index (χ1n) is 6.78. The zero-order valence-corrected chi connectivity index (χ0v) is 11.6. The van der Waals surface area contributed by atoms with E-state index in [1.54, 1.807) is 42.5 Å². The maximum atomic E-state index is 13.1. The second-order valence-corrected chi connectivity index (χ2v) is 4.91. The summed E-state index contributed by atoms with van der Waals surface area (Å²) in [5, 5.41) is 3.89. The monoisotopic (exact) mass is 296 g/mol. The molecule has 5 heteroatoms. The Morgan fingerprint density at radius 2 is 1.91 bits per heavy atom. The molecule has 0 radical (unpaired) electrons. The van der Waals surface area contributed by atoms with Crippen LogP contribution in [0.4, 0.5) is 4.39 Å². The molecule has 0 bridgehead atoms. The van der Waals surface area contributed by atoms with Crippen LogP contribution in [-0.2, 0) is 6.54 Å². The number of halogens is 1. The van der Waals surface area contributed by atoms with E-state index >= 15 is 0 Å². The summed E-state index contributed by atoms with van der Waals surface area (Å²) in [5.74, 6) is -0.766. The van der Waals surface area contributed by atoms with Crippen molar-refractivity contribution in [2.75, 3.05) is 0 Å². The SMILES string of the molecule is O=C(NCc1cccc(F)c1)c1cc2ccccc2c(=O)[nH]1. The zero-order chi connectivity index (χ0) is 15.5. The second kappa shape index (κ2) is 5.81. The van der Waals surface area contributed by atoms with Gasteiger partial charge in [-0.3, -0.25) is 9.59 Å². The number of rotatable bonds is 3. The molecule has 0 fully saturated rings. The van der Waals surface area contributed by atoms with E-state index in [-0.39, 0.29) is 23.6 Å². The first-order valence-corrected chi connectivity index (χ1v) is 6.78. The highest BCUT2D eigenvalue weighted by Crippen LogP contribution is 2.10. The molecule has 22 heavy (non-hydrogen) atoms. The topological polar surface area (TPSA) is 62.0 Å². The number of carbonyl (C=O) groups is 1. The van der Waals surface area contributed by atoms with Crippen LogP contribution in [0.15, 0.2) is 59.4 Å². The third-order valence-electron chi connectivity index (χ3n) is 3.34. The van der Waals surface area contributed by atoms with E-state index in [1.807, 2.05) is 0 Å². The van der Waals surface area contributed by atoms with E-state index in [0.717, 1.165) is 0 Å². The Labute approximate surface area is 125 Å². The predicted octanol–water partition coefficient (Wildman–Crippen LogP) is 2.60. The standard InChI is InChI=1S/C17H13FN2O2/c18-13-6-3-4-11(8-13)10-19-17(22)15-9-12-5-1-2-7-14(12)16(21)20-15/h1-9H,10H2,(H,19,22)(H,20,21). The number of nitrogens with one attached hydrogen (secondary N) is 2. The van der Waals surface area contributed by atoms with Crippen molar-refractivity contribution in [3.8, 4) is 0 Å². The maximum Gasteiger partial charge on any atom is 0.268 e. The molecule has 0 saturated carbocycles. The lowest BCUT2D eigenvalue weighted by atomic mass is 10.1. The molecule has 0 aliphatic heterocycles. The number of aromatic nitrogens is 1. The van der Waals surface area contributed by atoms with Crippen molar-refractivity contribution >= 4 is 16.7 Å². The Morgan fingerprint density at radius 1 is 1.09 bits per heavy atom. The van der Waals surface area contributed by atoms with Crippen LogP contribution in [0.3, 0.4) is 0 Å². The summed E-state index contributed by atoms with van der Waals surface area (Å²) in [6.45, 7) is 0.186. The molecule has 0 spiro atoms. The molecule has 3 aromatic rings. The molecule has 1 amide bonds. The third-order valence-corrected chi connectivity index (χ3v) is 3.34. The summed E-state index contributed by atoms with van der Waals surface area (Å²) in [5.41, 5.74) is 0.519. The molecule has 1 heterocycles. The molecule has 0 aliphatic carbocycles. The highest BCUT2D eigenvalue weighted by Gasteiger charge is 2.09. The molecule has 3 rings (SSSR count). The molecule has 2 aromatic carbocycles. The van der Waals surface area contributed by atoms with Gasteiger partial charge in [0.05, 0.1) is 0 Å². The Kier molecular flexibility index (Phi) is 3.70. The minimum atomic E-state index is -0.410. The first kappa shape index (κ1) is 14.0. The van der Waals surface area contributed by atoms with Crippen molar-refractivity contribution in [1.29, 1.82) is 0 Å². The minimum absolute atomic E-state index is 0.181. The minimum Gasteiger partial charge on any atom is -0.347 e. The average Bonchev–Trinajstić information content (AvgIpc) is 2.52. The van der Waals surface area contributed by atoms with Crippen LogP contribution in [0.5, 0.6) is 0 Å².